The van der Waals surface area contributed by atoms with Gasteiger partial charge in [-0.2, -0.15) is 0 Å². The molecule has 4 nitrogen and oxygen atoms in total. The molecule has 1 atom stereocenters. The Labute approximate surface area is 115 Å². The molecule has 1 amide bonds. The van der Waals surface area contributed by atoms with Crippen LogP contribution >= 0.6 is 0 Å². The third-order valence-electron chi connectivity index (χ3n) is 3.54. The third-order valence-corrected chi connectivity index (χ3v) is 3.54. The van der Waals surface area contributed by atoms with Crippen molar-refractivity contribution in [3.05, 3.63) is 29.3 Å². The minimum Gasteiger partial charge on any atom is -0.330 e. The Hall–Kier alpha value is -1.39. The number of fused-ring (bicyclic) bond motifs is 1. The van der Waals surface area contributed by atoms with Gasteiger partial charge in [0.25, 0.3) is 0 Å². The fourth-order valence-electron chi connectivity index (χ4n) is 2.52. The number of carbonyl (C=O) groups is 1. The van der Waals surface area contributed by atoms with E-state index in [1.165, 1.54) is 11.1 Å². The van der Waals surface area contributed by atoms with Gasteiger partial charge < -0.3 is 16.0 Å². The second kappa shape index (κ2) is 6.17. The summed E-state index contributed by atoms with van der Waals surface area (Å²) in [5.74, 6) is 0.635. The fourth-order valence-corrected chi connectivity index (χ4v) is 2.52. The average Bonchev–Trinajstić information content (AvgIpc) is 2.38. The van der Waals surface area contributed by atoms with Gasteiger partial charge in [-0.3, -0.25) is 4.79 Å². The lowest BCUT2D eigenvalue weighted by Crippen LogP contribution is -2.28. The monoisotopic (exact) mass is 261 g/mol. The molecular weight excluding hydrogens is 238 g/mol. The van der Waals surface area contributed by atoms with Crippen LogP contribution in [0.1, 0.15) is 24.5 Å². The van der Waals surface area contributed by atoms with Crippen LogP contribution < -0.4 is 11.1 Å². The molecule has 0 aliphatic carbocycles. The molecule has 0 aromatic heterocycles. The minimum atomic E-state index is 0.120. The predicted octanol–water partition coefficient (Wildman–Crippen LogP) is 1.60. The van der Waals surface area contributed by atoms with Crippen molar-refractivity contribution in [2.24, 2.45) is 11.7 Å². The zero-order chi connectivity index (χ0) is 13.8. The molecule has 1 aliphatic heterocycles. The number of hydrogen-bond acceptors (Lipinski definition) is 3. The van der Waals surface area contributed by atoms with E-state index in [2.05, 4.69) is 36.3 Å². The lowest BCUT2D eigenvalue weighted by atomic mass is 10.00. The van der Waals surface area contributed by atoms with Gasteiger partial charge in [0, 0.05) is 25.2 Å². The Morgan fingerprint density at radius 1 is 1.42 bits per heavy atom. The Balaban J connectivity index is 2.00. The summed E-state index contributed by atoms with van der Waals surface area (Å²) < 4.78 is 0. The van der Waals surface area contributed by atoms with E-state index in [1.807, 2.05) is 6.07 Å². The van der Waals surface area contributed by atoms with Crippen LogP contribution in [0.5, 0.6) is 0 Å². The molecule has 2 rings (SSSR count). The fraction of sp³-hybridized carbons (Fsp3) is 0.533. The molecule has 1 aromatic carbocycles. The first-order chi connectivity index (χ1) is 9.08. The topological polar surface area (TPSA) is 58.4 Å². The van der Waals surface area contributed by atoms with Crippen LogP contribution in [0.25, 0.3) is 0 Å². The first kappa shape index (κ1) is 14.0. The highest BCUT2D eigenvalue weighted by molar-refractivity contribution is 5.93. The van der Waals surface area contributed by atoms with Crippen molar-refractivity contribution in [1.82, 2.24) is 4.90 Å². The van der Waals surface area contributed by atoms with Crippen LogP contribution in [0.3, 0.4) is 0 Å². The standard InChI is InChI=1S/C15H23N3O/c1-11(8-16)9-18(2)10-12-3-5-14-13(7-12)4-6-15(19)17-14/h3,5,7,11H,4,6,8-10,16H2,1-2H3,(H,17,19). The number of amides is 1. The van der Waals surface area contributed by atoms with E-state index in [4.69, 9.17) is 5.73 Å². The number of nitrogens with two attached hydrogens (primary N) is 1. The number of rotatable bonds is 5. The van der Waals surface area contributed by atoms with Crippen LogP contribution in [0.4, 0.5) is 5.69 Å². The number of carbonyl (C=O) groups excluding carboxylic acids is 1. The van der Waals surface area contributed by atoms with Gasteiger partial charge in [-0.1, -0.05) is 19.1 Å². The Morgan fingerprint density at radius 3 is 2.95 bits per heavy atom. The van der Waals surface area contributed by atoms with Gasteiger partial charge >= 0.3 is 0 Å². The van der Waals surface area contributed by atoms with Gasteiger partial charge in [0.15, 0.2) is 0 Å². The second-order valence-corrected chi connectivity index (χ2v) is 5.58. The minimum absolute atomic E-state index is 0.120. The number of nitrogens with one attached hydrogen (secondary N) is 1. The van der Waals surface area contributed by atoms with Gasteiger partial charge in [0.1, 0.15) is 0 Å². The highest BCUT2D eigenvalue weighted by Crippen LogP contribution is 2.24. The van der Waals surface area contributed by atoms with Crippen molar-refractivity contribution >= 4 is 11.6 Å². The van der Waals surface area contributed by atoms with Crippen molar-refractivity contribution in [3.8, 4) is 0 Å². The van der Waals surface area contributed by atoms with Gasteiger partial charge in [0.05, 0.1) is 0 Å². The molecular formula is C15H23N3O. The van der Waals surface area contributed by atoms with Crippen molar-refractivity contribution in [2.45, 2.75) is 26.3 Å². The van der Waals surface area contributed by atoms with Crippen LogP contribution in [0, 0.1) is 5.92 Å². The number of hydrogen-bond donors (Lipinski definition) is 2. The normalized spacial score (nSPS) is 16.1. The molecule has 4 heteroatoms. The Bertz CT molecular complexity index is 459. The van der Waals surface area contributed by atoms with Crippen molar-refractivity contribution in [1.29, 1.82) is 0 Å². The van der Waals surface area contributed by atoms with E-state index in [-0.39, 0.29) is 5.91 Å². The van der Waals surface area contributed by atoms with Crippen LogP contribution in [0.15, 0.2) is 18.2 Å². The zero-order valence-electron chi connectivity index (χ0n) is 11.8. The number of aryl methyl sites for hydroxylation is 1. The highest BCUT2D eigenvalue weighted by atomic mass is 16.1. The average molecular weight is 261 g/mol. The van der Waals surface area contributed by atoms with E-state index in [9.17, 15) is 4.79 Å². The van der Waals surface area contributed by atoms with E-state index >= 15 is 0 Å². The van der Waals surface area contributed by atoms with Gasteiger partial charge in [-0.05, 0) is 43.1 Å². The number of nitrogens with zero attached hydrogens (tertiary/aromatic N) is 1. The van der Waals surface area contributed by atoms with Gasteiger partial charge in [0.2, 0.25) is 5.91 Å². The molecule has 0 radical (unpaired) electrons. The molecule has 3 N–H and O–H groups in total. The Morgan fingerprint density at radius 2 is 2.21 bits per heavy atom. The first-order valence-corrected chi connectivity index (χ1v) is 6.88. The maximum Gasteiger partial charge on any atom is 0.224 e. The summed E-state index contributed by atoms with van der Waals surface area (Å²) in [6.07, 6.45) is 1.44. The van der Waals surface area contributed by atoms with Gasteiger partial charge in [-0.15, -0.1) is 0 Å². The maximum atomic E-state index is 11.3. The molecule has 0 bridgehead atoms. The molecule has 1 heterocycles. The first-order valence-electron chi connectivity index (χ1n) is 6.88. The second-order valence-electron chi connectivity index (χ2n) is 5.58. The molecule has 0 fully saturated rings. The molecule has 0 saturated carbocycles. The van der Waals surface area contributed by atoms with Crippen LogP contribution in [-0.4, -0.2) is 30.9 Å². The molecule has 1 aliphatic rings. The summed E-state index contributed by atoms with van der Waals surface area (Å²) in [6, 6.07) is 6.31. The molecule has 1 aromatic rings. The molecule has 104 valence electrons. The van der Waals surface area contributed by atoms with Crippen molar-refractivity contribution < 1.29 is 4.79 Å². The molecule has 1 unspecified atom stereocenters. The largest absolute Gasteiger partial charge is 0.330 e. The van der Waals surface area contributed by atoms with Crippen molar-refractivity contribution in [3.63, 3.8) is 0 Å². The van der Waals surface area contributed by atoms with Crippen molar-refractivity contribution in [2.75, 3.05) is 25.5 Å². The summed E-state index contributed by atoms with van der Waals surface area (Å²) >= 11 is 0. The van der Waals surface area contributed by atoms with E-state index < -0.39 is 0 Å². The smallest absolute Gasteiger partial charge is 0.224 e. The number of benzene rings is 1. The highest BCUT2D eigenvalue weighted by Gasteiger charge is 2.15. The van der Waals surface area contributed by atoms with Gasteiger partial charge in [-0.25, -0.2) is 0 Å². The van der Waals surface area contributed by atoms with E-state index in [0.717, 1.165) is 31.7 Å². The van der Waals surface area contributed by atoms with Crippen LogP contribution in [-0.2, 0) is 17.8 Å². The zero-order valence-corrected chi connectivity index (χ0v) is 11.8. The third kappa shape index (κ3) is 3.78. The van der Waals surface area contributed by atoms with E-state index in [0.29, 0.717) is 12.3 Å². The summed E-state index contributed by atoms with van der Waals surface area (Å²) in [4.78, 5) is 13.6. The molecule has 0 saturated heterocycles. The summed E-state index contributed by atoms with van der Waals surface area (Å²) in [5.41, 5.74) is 9.16. The van der Waals surface area contributed by atoms with Crippen LogP contribution in [0.2, 0.25) is 0 Å². The summed E-state index contributed by atoms with van der Waals surface area (Å²) in [7, 11) is 2.12. The molecule has 0 spiro atoms. The quantitative estimate of drug-likeness (QED) is 0.846. The predicted molar refractivity (Wildman–Crippen MR) is 77.9 cm³/mol. The maximum absolute atomic E-state index is 11.3. The van der Waals surface area contributed by atoms with E-state index in [1.54, 1.807) is 0 Å². The Kier molecular flexibility index (Phi) is 4.56. The molecule has 19 heavy (non-hydrogen) atoms. The summed E-state index contributed by atoms with van der Waals surface area (Å²) in [5, 5.41) is 2.91. The number of anilines is 1. The lowest BCUT2D eigenvalue weighted by Gasteiger charge is -2.22. The SMILES string of the molecule is CC(CN)CN(C)Cc1ccc2c(c1)CCC(=O)N2. The summed E-state index contributed by atoms with van der Waals surface area (Å²) in [6.45, 7) is 4.81. The lowest BCUT2D eigenvalue weighted by molar-refractivity contribution is -0.116.